The van der Waals surface area contributed by atoms with E-state index in [-0.39, 0.29) is 17.9 Å². The summed E-state index contributed by atoms with van der Waals surface area (Å²) in [6, 6.07) is 7.62. The van der Waals surface area contributed by atoms with Crippen molar-refractivity contribution in [2.45, 2.75) is 32.9 Å². The zero-order chi connectivity index (χ0) is 17.0. The molecule has 1 atom stereocenters. The average Bonchev–Trinajstić information content (AvgIpc) is 2.96. The SMILES string of the molecule is CC(NC(=O)c1ccc(Cl)cc1)C(=O)Nc1ccnn1C(C)C. The van der Waals surface area contributed by atoms with Gasteiger partial charge in [-0.25, -0.2) is 4.68 Å². The number of carbonyl (C=O) groups excluding carboxylic acids is 2. The maximum atomic E-state index is 12.2. The summed E-state index contributed by atoms with van der Waals surface area (Å²) in [4.78, 5) is 24.3. The van der Waals surface area contributed by atoms with Crippen LogP contribution in [0.1, 0.15) is 37.2 Å². The fraction of sp³-hybridized carbons (Fsp3) is 0.312. The van der Waals surface area contributed by atoms with Crippen LogP contribution < -0.4 is 10.6 Å². The molecule has 0 spiro atoms. The van der Waals surface area contributed by atoms with Gasteiger partial charge in [-0.3, -0.25) is 9.59 Å². The van der Waals surface area contributed by atoms with Crippen LogP contribution in [0.2, 0.25) is 5.02 Å². The minimum atomic E-state index is -0.686. The molecule has 1 aromatic heterocycles. The van der Waals surface area contributed by atoms with E-state index in [0.29, 0.717) is 16.4 Å². The lowest BCUT2D eigenvalue weighted by molar-refractivity contribution is -0.117. The summed E-state index contributed by atoms with van der Waals surface area (Å²) in [6.07, 6.45) is 1.62. The zero-order valence-corrected chi connectivity index (χ0v) is 14.0. The number of benzene rings is 1. The molecule has 0 bridgehead atoms. The van der Waals surface area contributed by atoms with Gasteiger partial charge in [0.25, 0.3) is 5.91 Å². The van der Waals surface area contributed by atoms with Crippen LogP contribution in [0.5, 0.6) is 0 Å². The summed E-state index contributed by atoms with van der Waals surface area (Å²) >= 11 is 5.79. The molecule has 7 heteroatoms. The van der Waals surface area contributed by atoms with E-state index in [0.717, 1.165) is 0 Å². The van der Waals surface area contributed by atoms with Gasteiger partial charge in [0.1, 0.15) is 11.9 Å². The van der Waals surface area contributed by atoms with Crippen molar-refractivity contribution in [2.24, 2.45) is 0 Å². The molecule has 1 unspecified atom stereocenters. The Hall–Kier alpha value is -2.34. The highest BCUT2D eigenvalue weighted by molar-refractivity contribution is 6.30. The first-order chi connectivity index (χ1) is 10.9. The van der Waals surface area contributed by atoms with Crippen molar-refractivity contribution >= 4 is 29.2 Å². The van der Waals surface area contributed by atoms with Gasteiger partial charge in [-0.05, 0) is 45.0 Å². The van der Waals surface area contributed by atoms with E-state index in [1.165, 1.54) is 0 Å². The highest BCUT2D eigenvalue weighted by atomic mass is 35.5. The summed E-state index contributed by atoms with van der Waals surface area (Å²) in [7, 11) is 0. The maximum absolute atomic E-state index is 12.2. The van der Waals surface area contributed by atoms with Gasteiger partial charge in [-0.15, -0.1) is 0 Å². The van der Waals surface area contributed by atoms with Crippen LogP contribution in [-0.4, -0.2) is 27.6 Å². The third kappa shape index (κ3) is 4.32. The number of amides is 2. The van der Waals surface area contributed by atoms with Crippen molar-refractivity contribution in [2.75, 3.05) is 5.32 Å². The van der Waals surface area contributed by atoms with Gasteiger partial charge in [0.15, 0.2) is 0 Å². The van der Waals surface area contributed by atoms with E-state index >= 15 is 0 Å². The number of carbonyl (C=O) groups is 2. The molecule has 0 aliphatic heterocycles. The fourth-order valence-corrected chi connectivity index (χ4v) is 2.13. The van der Waals surface area contributed by atoms with E-state index in [9.17, 15) is 9.59 Å². The molecule has 2 rings (SSSR count). The zero-order valence-electron chi connectivity index (χ0n) is 13.2. The van der Waals surface area contributed by atoms with Crippen LogP contribution in [0.3, 0.4) is 0 Å². The van der Waals surface area contributed by atoms with Crippen LogP contribution in [-0.2, 0) is 4.79 Å². The van der Waals surface area contributed by atoms with E-state index in [2.05, 4.69) is 15.7 Å². The second-order valence-corrected chi connectivity index (χ2v) is 5.88. The first-order valence-corrected chi connectivity index (χ1v) is 7.67. The van der Waals surface area contributed by atoms with Gasteiger partial charge in [0, 0.05) is 22.7 Å². The molecule has 0 fully saturated rings. The molecular formula is C16H19ClN4O2. The topological polar surface area (TPSA) is 76.0 Å². The third-order valence-electron chi connectivity index (χ3n) is 3.26. The summed E-state index contributed by atoms with van der Waals surface area (Å²) < 4.78 is 1.70. The highest BCUT2D eigenvalue weighted by Gasteiger charge is 2.18. The van der Waals surface area contributed by atoms with E-state index < -0.39 is 6.04 Å². The van der Waals surface area contributed by atoms with Crippen LogP contribution >= 0.6 is 11.6 Å². The van der Waals surface area contributed by atoms with Crippen molar-refractivity contribution in [3.63, 3.8) is 0 Å². The van der Waals surface area contributed by atoms with E-state index in [1.807, 2.05) is 13.8 Å². The van der Waals surface area contributed by atoms with Gasteiger partial charge < -0.3 is 10.6 Å². The minimum Gasteiger partial charge on any atom is -0.341 e. The minimum absolute atomic E-state index is 0.124. The summed E-state index contributed by atoms with van der Waals surface area (Å²) in [5.74, 6) is -0.0472. The molecular weight excluding hydrogens is 316 g/mol. The Morgan fingerprint density at radius 3 is 2.39 bits per heavy atom. The number of anilines is 1. The number of rotatable bonds is 5. The number of nitrogens with zero attached hydrogens (tertiary/aromatic N) is 2. The Bertz CT molecular complexity index is 694. The van der Waals surface area contributed by atoms with Crippen molar-refractivity contribution in [1.82, 2.24) is 15.1 Å². The number of hydrogen-bond donors (Lipinski definition) is 2. The van der Waals surface area contributed by atoms with E-state index in [1.54, 1.807) is 48.1 Å². The molecule has 2 N–H and O–H groups in total. The van der Waals surface area contributed by atoms with Crippen molar-refractivity contribution < 1.29 is 9.59 Å². The Labute approximate surface area is 139 Å². The molecule has 2 aromatic rings. The Morgan fingerprint density at radius 2 is 1.78 bits per heavy atom. The Kier molecular flexibility index (Phi) is 5.39. The molecule has 0 radical (unpaired) electrons. The molecule has 122 valence electrons. The lowest BCUT2D eigenvalue weighted by Gasteiger charge is -2.16. The van der Waals surface area contributed by atoms with Crippen LogP contribution in [0.25, 0.3) is 0 Å². The molecule has 0 aliphatic carbocycles. The summed E-state index contributed by atoms with van der Waals surface area (Å²) in [6.45, 7) is 5.56. The second-order valence-electron chi connectivity index (χ2n) is 5.45. The van der Waals surface area contributed by atoms with Crippen molar-refractivity contribution in [3.8, 4) is 0 Å². The maximum Gasteiger partial charge on any atom is 0.251 e. The van der Waals surface area contributed by atoms with Crippen LogP contribution in [0, 0.1) is 0 Å². The van der Waals surface area contributed by atoms with Crippen LogP contribution in [0.4, 0.5) is 5.82 Å². The van der Waals surface area contributed by atoms with Gasteiger partial charge in [-0.1, -0.05) is 11.6 Å². The molecule has 0 saturated carbocycles. The van der Waals surface area contributed by atoms with E-state index in [4.69, 9.17) is 11.6 Å². The fourth-order valence-electron chi connectivity index (χ4n) is 2.01. The second kappa shape index (κ2) is 7.28. The Balaban J connectivity index is 1.98. The molecule has 0 saturated heterocycles. The van der Waals surface area contributed by atoms with Gasteiger partial charge in [0.05, 0.1) is 6.20 Å². The van der Waals surface area contributed by atoms with Crippen molar-refractivity contribution in [3.05, 3.63) is 47.1 Å². The molecule has 1 aromatic carbocycles. The van der Waals surface area contributed by atoms with Gasteiger partial charge >= 0.3 is 0 Å². The normalized spacial score (nSPS) is 12.0. The van der Waals surface area contributed by atoms with Gasteiger partial charge in [0.2, 0.25) is 5.91 Å². The average molecular weight is 335 g/mol. The Morgan fingerprint density at radius 1 is 1.13 bits per heavy atom. The van der Waals surface area contributed by atoms with Gasteiger partial charge in [-0.2, -0.15) is 5.10 Å². The molecule has 1 heterocycles. The number of halogens is 1. The first kappa shape index (κ1) is 17.0. The van der Waals surface area contributed by atoms with Crippen LogP contribution in [0.15, 0.2) is 36.5 Å². The number of nitrogens with one attached hydrogen (secondary N) is 2. The highest BCUT2D eigenvalue weighted by Crippen LogP contribution is 2.13. The molecule has 23 heavy (non-hydrogen) atoms. The number of hydrogen-bond acceptors (Lipinski definition) is 3. The largest absolute Gasteiger partial charge is 0.341 e. The standard InChI is InChI=1S/C16H19ClN4O2/c1-10(2)21-14(8-9-18-21)20-15(22)11(3)19-16(23)12-4-6-13(17)7-5-12/h4-11H,1-3H3,(H,19,23)(H,20,22). The monoisotopic (exact) mass is 334 g/mol. The molecule has 0 aliphatic rings. The predicted octanol–water partition coefficient (Wildman–Crippen LogP) is 2.87. The summed E-state index contributed by atoms with van der Waals surface area (Å²) in [5.41, 5.74) is 0.446. The van der Waals surface area contributed by atoms with Crippen molar-refractivity contribution in [1.29, 1.82) is 0 Å². The smallest absolute Gasteiger partial charge is 0.251 e. The number of aromatic nitrogens is 2. The molecule has 6 nitrogen and oxygen atoms in total. The first-order valence-electron chi connectivity index (χ1n) is 7.29. The lowest BCUT2D eigenvalue weighted by Crippen LogP contribution is -2.41. The predicted molar refractivity (Wildman–Crippen MR) is 89.6 cm³/mol. The molecule has 2 amide bonds. The third-order valence-corrected chi connectivity index (χ3v) is 3.51. The summed E-state index contributed by atoms with van der Waals surface area (Å²) in [5, 5.41) is 10.1. The quantitative estimate of drug-likeness (QED) is 0.882. The lowest BCUT2D eigenvalue weighted by atomic mass is 10.2.